The van der Waals surface area contributed by atoms with Gasteiger partial charge in [0.2, 0.25) is 10.0 Å². The van der Waals surface area contributed by atoms with Gasteiger partial charge in [0.25, 0.3) is 0 Å². The molecule has 2 heterocycles. The van der Waals surface area contributed by atoms with E-state index in [1.54, 1.807) is 12.1 Å². The lowest BCUT2D eigenvalue weighted by atomic mass is 10.1. The van der Waals surface area contributed by atoms with Crippen LogP contribution in [0.3, 0.4) is 0 Å². The summed E-state index contributed by atoms with van der Waals surface area (Å²) in [5.74, 6) is 0.921. The number of fused-ring (bicyclic) bond motifs is 1. The van der Waals surface area contributed by atoms with Crippen LogP contribution in [-0.2, 0) is 23.0 Å². The predicted molar refractivity (Wildman–Crippen MR) is 95.7 cm³/mol. The van der Waals surface area contributed by atoms with E-state index in [0.29, 0.717) is 6.04 Å². The molecule has 0 unspecified atom stereocenters. The van der Waals surface area contributed by atoms with Crippen molar-refractivity contribution in [2.24, 2.45) is 5.14 Å². The molecule has 0 saturated carbocycles. The van der Waals surface area contributed by atoms with Crippen LogP contribution in [0.4, 0.5) is 11.5 Å². The Balaban J connectivity index is 1.90. The molecule has 1 aromatic heterocycles. The van der Waals surface area contributed by atoms with Crippen molar-refractivity contribution in [2.75, 3.05) is 23.9 Å². The Bertz CT molecular complexity index is 865. The van der Waals surface area contributed by atoms with E-state index in [1.165, 1.54) is 5.56 Å². The first kappa shape index (κ1) is 16.7. The third-order valence-corrected chi connectivity index (χ3v) is 5.27. The molecule has 24 heavy (non-hydrogen) atoms. The number of anilines is 2. The SMILES string of the molecule is C[C@@H]1Cc2cc(S(N)(=O)=O)ccc2N1Cc1ccnc(N(C)C)c1. The van der Waals surface area contributed by atoms with Crippen molar-refractivity contribution in [1.82, 2.24) is 4.98 Å². The number of nitrogens with two attached hydrogens (primary N) is 1. The van der Waals surface area contributed by atoms with Crippen LogP contribution in [0.5, 0.6) is 0 Å². The maximum atomic E-state index is 11.5. The lowest BCUT2D eigenvalue weighted by Gasteiger charge is -2.25. The highest BCUT2D eigenvalue weighted by molar-refractivity contribution is 7.89. The number of sulfonamides is 1. The van der Waals surface area contributed by atoms with Crippen molar-refractivity contribution >= 4 is 21.5 Å². The topological polar surface area (TPSA) is 79.5 Å². The summed E-state index contributed by atoms with van der Waals surface area (Å²) in [6.07, 6.45) is 2.63. The second-order valence-electron chi connectivity index (χ2n) is 6.43. The number of primary sulfonamides is 1. The Kier molecular flexibility index (Phi) is 4.23. The monoisotopic (exact) mass is 346 g/mol. The molecule has 3 rings (SSSR count). The number of hydrogen-bond donors (Lipinski definition) is 1. The third kappa shape index (κ3) is 3.22. The molecule has 0 spiro atoms. The molecule has 1 atom stereocenters. The minimum atomic E-state index is -3.67. The summed E-state index contributed by atoms with van der Waals surface area (Å²) in [7, 11) is 0.268. The highest BCUT2D eigenvalue weighted by Gasteiger charge is 2.27. The number of aromatic nitrogens is 1. The van der Waals surface area contributed by atoms with E-state index in [2.05, 4.69) is 22.9 Å². The lowest BCUT2D eigenvalue weighted by Crippen LogP contribution is -2.28. The summed E-state index contributed by atoms with van der Waals surface area (Å²) in [5.41, 5.74) is 3.26. The minimum Gasteiger partial charge on any atom is -0.364 e. The summed E-state index contributed by atoms with van der Waals surface area (Å²) in [6, 6.07) is 9.51. The van der Waals surface area contributed by atoms with E-state index in [-0.39, 0.29) is 4.90 Å². The van der Waals surface area contributed by atoms with E-state index in [1.807, 2.05) is 37.3 Å². The second-order valence-corrected chi connectivity index (χ2v) is 7.99. The van der Waals surface area contributed by atoms with Gasteiger partial charge in [-0.05, 0) is 54.8 Å². The Morgan fingerprint density at radius 1 is 1.29 bits per heavy atom. The average Bonchev–Trinajstić information content (AvgIpc) is 2.82. The van der Waals surface area contributed by atoms with Gasteiger partial charge in [-0.25, -0.2) is 18.5 Å². The van der Waals surface area contributed by atoms with Crippen molar-refractivity contribution in [1.29, 1.82) is 0 Å². The molecule has 1 aliphatic heterocycles. The Labute approximate surface area is 143 Å². The van der Waals surface area contributed by atoms with Crippen molar-refractivity contribution in [3.05, 3.63) is 47.7 Å². The number of pyridine rings is 1. The standard InChI is InChI=1S/C17H22N4O2S/c1-12-8-14-10-15(24(18,22)23)4-5-16(14)21(12)11-13-6-7-19-17(9-13)20(2)3/h4-7,9-10,12H,8,11H2,1-3H3,(H2,18,22,23)/t12-/m1/s1. The molecular formula is C17H22N4O2S. The van der Waals surface area contributed by atoms with Gasteiger partial charge >= 0.3 is 0 Å². The van der Waals surface area contributed by atoms with Crippen LogP contribution in [0, 0.1) is 0 Å². The van der Waals surface area contributed by atoms with Crippen LogP contribution in [0.25, 0.3) is 0 Å². The van der Waals surface area contributed by atoms with Crippen LogP contribution in [-0.4, -0.2) is 33.5 Å². The minimum absolute atomic E-state index is 0.175. The van der Waals surface area contributed by atoms with Crippen LogP contribution >= 0.6 is 0 Å². The first-order valence-corrected chi connectivity index (χ1v) is 9.35. The van der Waals surface area contributed by atoms with Gasteiger partial charge in [-0.15, -0.1) is 0 Å². The lowest BCUT2D eigenvalue weighted by molar-refractivity contribution is 0.597. The normalized spacial score (nSPS) is 17.0. The van der Waals surface area contributed by atoms with E-state index in [4.69, 9.17) is 5.14 Å². The largest absolute Gasteiger partial charge is 0.364 e. The maximum Gasteiger partial charge on any atom is 0.238 e. The van der Waals surface area contributed by atoms with Gasteiger partial charge in [-0.3, -0.25) is 0 Å². The molecule has 0 saturated heterocycles. The van der Waals surface area contributed by atoms with E-state index in [0.717, 1.165) is 30.0 Å². The molecule has 1 aliphatic rings. The first-order chi connectivity index (χ1) is 11.3. The molecule has 2 aromatic rings. The van der Waals surface area contributed by atoms with E-state index >= 15 is 0 Å². The number of nitrogens with zero attached hydrogens (tertiary/aromatic N) is 3. The van der Waals surface area contributed by atoms with Crippen molar-refractivity contribution in [2.45, 2.75) is 30.8 Å². The molecule has 0 bridgehead atoms. The predicted octanol–water partition coefficient (Wildman–Crippen LogP) is 1.75. The number of rotatable bonds is 4. The molecule has 128 valence electrons. The van der Waals surface area contributed by atoms with Gasteiger partial charge < -0.3 is 9.80 Å². The van der Waals surface area contributed by atoms with Gasteiger partial charge in [-0.2, -0.15) is 0 Å². The van der Waals surface area contributed by atoms with Crippen LogP contribution < -0.4 is 14.9 Å². The first-order valence-electron chi connectivity index (χ1n) is 7.80. The summed E-state index contributed by atoms with van der Waals surface area (Å²) in [4.78, 5) is 8.78. The quantitative estimate of drug-likeness (QED) is 0.912. The Morgan fingerprint density at radius 2 is 2.04 bits per heavy atom. The molecule has 2 N–H and O–H groups in total. The third-order valence-electron chi connectivity index (χ3n) is 4.36. The average molecular weight is 346 g/mol. The van der Waals surface area contributed by atoms with Gasteiger partial charge in [0.15, 0.2) is 0 Å². The van der Waals surface area contributed by atoms with Crippen LogP contribution in [0.15, 0.2) is 41.4 Å². The number of benzene rings is 1. The maximum absolute atomic E-state index is 11.5. The second kappa shape index (κ2) is 6.07. The summed E-state index contributed by atoms with van der Waals surface area (Å²) >= 11 is 0. The fourth-order valence-electron chi connectivity index (χ4n) is 3.09. The van der Waals surface area contributed by atoms with Crippen molar-refractivity contribution in [3.63, 3.8) is 0 Å². The summed E-state index contributed by atoms with van der Waals surface area (Å²) in [6.45, 7) is 2.90. The highest BCUT2D eigenvalue weighted by Crippen LogP contribution is 2.34. The zero-order chi connectivity index (χ0) is 17.5. The van der Waals surface area contributed by atoms with Crippen molar-refractivity contribution < 1.29 is 8.42 Å². The molecule has 0 fully saturated rings. The molecule has 7 heteroatoms. The van der Waals surface area contributed by atoms with E-state index in [9.17, 15) is 8.42 Å². The zero-order valence-electron chi connectivity index (χ0n) is 14.1. The Hall–Kier alpha value is -2.12. The zero-order valence-corrected chi connectivity index (χ0v) is 14.9. The smallest absolute Gasteiger partial charge is 0.238 e. The molecule has 0 radical (unpaired) electrons. The Morgan fingerprint density at radius 3 is 2.71 bits per heavy atom. The van der Waals surface area contributed by atoms with Gasteiger partial charge in [0.05, 0.1) is 4.90 Å². The van der Waals surface area contributed by atoms with Crippen LogP contribution in [0.2, 0.25) is 0 Å². The fraction of sp³-hybridized carbons (Fsp3) is 0.353. The molecule has 6 nitrogen and oxygen atoms in total. The van der Waals surface area contributed by atoms with Crippen LogP contribution in [0.1, 0.15) is 18.1 Å². The summed E-state index contributed by atoms with van der Waals surface area (Å²) in [5, 5.41) is 5.24. The highest BCUT2D eigenvalue weighted by atomic mass is 32.2. The molecule has 0 amide bonds. The summed E-state index contributed by atoms with van der Waals surface area (Å²) < 4.78 is 23.1. The molecular weight excluding hydrogens is 324 g/mol. The van der Waals surface area contributed by atoms with Gasteiger partial charge in [0.1, 0.15) is 5.82 Å². The van der Waals surface area contributed by atoms with Gasteiger partial charge in [-0.1, -0.05) is 0 Å². The molecule has 1 aromatic carbocycles. The fourth-order valence-corrected chi connectivity index (χ4v) is 3.65. The molecule has 0 aliphatic carbocycles. The van der Waals surface area contributed by atoms with E-state index < -0.39 is 10.0 Å². The number of hydrogen-bond acceptors (Lipinski definition) is 5. The van der Waals surface area contributed by atoms with Gasteiger partial charge in [0, 0.05) is 38.6 Å². The van der Waals surface area contributed by atoms with Crippen molar-refractivity contribution in [3.8, 4) is 0 Å².